The van der Waals surface area contributed by atoms with E-state index in [2.05, 4.69) is 344 Å². The van der Waals surface area contributed by atoms with Crippen molar-refractivity contribution in [1.29, 1.82) is 0 Å². The fraction of sp³-hybridized carbons (Fsp3) is 0.318. The van der Waals surface area contributed by atoms with Crippen LogP contribution in [0.25, 0.3) is 56.0 Å². The van der Waals surface area contributed by atoms with Gasteiger partial charge in [-0.25, -0.2) is 0 Å². The van der Waals surface area contributed by atoms with Gasteiger partial charge in [-0.05, 0) is 192 Å². The van der Waals surface area contributed by atoms with Gasteiger partial charge in [0.05, 0.1) is 19.4 Å². The second kappa shape index (κ2) is 48.0. The highest BCUT2D eigenvalue weighted by Crippen LogP contribution is 2.31. The Labute approximate surface area is 711 Å². The van der Waals surface area contributed by atoms with Gasteiger partial charge in [-0.2, -0.15) is 5.10 Å². The number of nitrogens with zero attached hydrogens (tertiary/aromatic N) is 6. The van der Waals surface area contributed by atoms with E-state index in [4.69, 9.17) is 20.8 Å². The van der Waals surface area contributed by atoms with Gasteiger partial charge in [0.25, 0.3) is 11.8 Å². The predicted octanol–water partition coefficient (Wildman–Crippen LogP) is 28.6. The van der Waals surface area contributed by atoms with Crippen LogP contribution in [0, 0.1) is 6.92 Å². The molecule has 0 saturated carbocycles. The van der Waals surface area contributed by atoms with E-state index in [0.29, 0.717) is 85.4 Å². The molecule has 15 rings (SSSR count). The average Bonchev–Trinajstić information content (AvgIpc) is 1.35. The van der Waals surface area contributed by atoms with Gasteiger partial charge in [0.15, 0.2) is 0 Å². The molecule has 2 amide bonds. The van der Waals surface area contributed by atoms with Crippen LogP contribution in [-0.2, 0) is 11.8 Å². The lowest BCUT2D eigenvalue weighted by Crippen LogP contribution is -2.40. The van der Waals surface area contributed by atoms with Crippen LogP contribution < -0.4 is 0 Å². The summed E-state index contributed by atoms with van der Waals surface area (Å²) < 4.78 is 12.4. The number of benzene rings is 11. The van der Waals surface area contributed by atoms with Crippen LogP contribution in [0.2, 0.25) is 5.02 Å². The Morgan fingerprint density at radius 3 is 1.08 bits per heavy atom. The number of hydrogen-bond donors (Lipinski definition) is 0. The molecule has 4 heterocycles. The van der Waals surface area contributed by atoms with E-state index >= 15 is 0 Å². The van der Waals surface area contributed by atoms with Gasteiger partial charge in [-0.3, -0.25) is 14.3 Å². The number of rotatable bonds is 15. The van der Waals surface area contributed by atoms with E-state index in [1.54, 1.807) is 6.92 Å². The molecule has 0 atom stereocenters. The average molecular weight is 1600 g/mol. The molecule has 11 aromatic carbocycles. The van der Waals surface area contributed by atoms with Gasteiger partial charge in [0.2, 0.25) is 11.8 Å². The number of carbonyl (C=O) groups excluding carboxylic acids is 2. The second-order valence-corrected chi connectivity index (χ2v) is 33.1. The third-order valence-electron chi connectivity index (χ3n) is 20.9. The van der Waals surface area contributed by atoms with Crippen molar-refractivity contribution >= 4 is 23.4 Å². The van der Waals surface area contributed by atoms with Gasteiger partial charge in [-0.15, -0.1) is 10.2 Å². The van der Waals surface area contributed by atoms with Crippen molar-refractivity contribution in [2.45, 2.75) is 178 Å². The van der Waals surface area contributed by atoms with Crippen LogP contribution >= 0.6 is 11.6 Å². The normalized spacial score (nSPS) is 12.2. The van der Waals surface area contributed by atoms with Crippen molar-refractivity contribution in [3.63, 3.8) is 0 Å². The van der Waals surface area contributed by atoms with Crippen LogP contribution in [-0.4, -0.2) is 81.0 Å². The molecule has 10 nitrogen and oxygen atoms in total. The van der Waals surface area contributed by atoms with Crippen LogP contribution in [0.4, 0.5) is 0 Å². The van der Waals surface area contributed by atoms with Crippen molar-refractivity contribution in [1.82, 2.24) is 29.8 Å². The topological polar surface area (TPSA) is 107 Å². The number of halogens is 1. The summed E-state index contributed by atoms with van der Waals surface area (Å²) in [5.74, 6) is 6.01. The quantitative estimate of drug-likeness (QED) is 0.101. The minimum atomic E-state index is 0.114. The van der Waals surface area contributed by atoms with E-state index in [-0.39, 0.29) is 11.8 Å². The van der Waals surface area contributed by atoms with Crippen molar-refractivity contribution in [2.75, 3.05) is 39.4 Å². The number of aryl methyl sites for hydroxylation is 2. The molecule has 0 radical (unpaired) electrons. The van der Waals surface area contributed by atoms with Gasteiger partial charge in [0.1, 0.15) is 0 Å². The van der Waals surface area contributed by atoms with Gasteiger partial charge in [0, 0.05) is 73.6 Å². The number of morpholine rings is 1. The molecular formula is C107H127ClN6O4. The maximum atomic E-state index is 12.2. The molecule has 0 aliphatic carbocycles. The molecule has 11 heteroatoms. The van der Waals surface area contributed by atoms with Gasteiger partial charge in [-0.1, -0.05) is 359 Å². The van der Waals surface area contributed by atoms with Crippen molar-refractivity contribution < 1.29 is 18.7 Å². The zero-order valence-electron chi connectivity index (χ0n) is 73.3. The fourth-order valence-electron chi connectivity index (χ4n) is 13.3. The van der Waals surface area contributed by atoms with E-state index in [0.717, 1.165) is 47.6 Å². The number of hydrogen-bond acceptors (Lipinski definition) is 7. The first kappa shape index (κ1) is 92.5. The van der Waals surface area contributed by atoms with Crippen molar-refractivity contribution in [3.8, 4) is 56.0 Å². The zero-order chi connectivity index (χ0) is 85.0. The Kier molecular flexibility index (Phi) is 37.6. The summed E-state index contributed by atoms with van der Waals surface area (Å²) in [6.45, 7) is 41.4. The SMILES string of the molecule is CC(C)c1ccc(-c2ccccc2)cc1.CC(C)c1ccc(-c2cnn(C)c2)cc1.CC(C)c1ccc(C(=O)N2CCCC2)cc1.CC(C)c1ccc(C(=O)N2CCOCC2)cc1.CC(C)c1ccc(Cl)cc1.CC(C)c1cccc(-c2ccccc2)c1.CC(C)c1ccccc1-c1ccccc1.Cc1nnc(-c2ccc(C(C)C)cc2)o1. The summed E-state index contributed by atoms with van der Waals surface area (Å²) in [5, 5.41) is 12.8. The highest BCUT2D eigenvalue weighted by Gasteiger charge is 2.21. The highest BCUT2D eigenvalue weighted by molar-refractivity contribution is 6.30. The first-order valence-electron chi connectivity index (χ1n) is 42.3. The lowest BCUT2D eigenvalue weighted by molar-refractivity contribution is 0.0303. The Balaban J connectivity index is 0.000000169. The molecule has 616 valence electrons. The molecule has 2 fully saturated rings. The molecule has 0 unspecified atom stereocenters. The summed E-state index contributed by atoms with van der Waals surface area (Å²) in [5.41, 5.74) is 23.6. The van der Waals surface area contributed by atoms with Crippen LogP contribution in [0.3, 0.4) is 0 Å². The molecular weight excluding hydrogens is 1470 g/mol. The Morgan fingerprint density at radius 2 is 0.686 bits per heavy atom. The third-order valence-corrected chi connectivity index (χ3v) is 21.1. The molecule has 0 bridgehead atoms. The van der Waals surface area contributed by atoms with E-state index in [9.17, 15) is 9.59 Å². The zero-order valence-corrected chi connectivity index (χ0v) is 74.0. The Bertz CT molecular complexity index is 4910. The number of likely N-dealkylation sites (tertiary alicyclic amines) is 1. The Hall–Kier alpha value is -11.0. The molecule has 2 aliphatic heterocycles. The fourth-order valence-corrected chi connectivity index (χ4v) is 13.4. The van der Waals surface area contributed by atoms with Crippen LogP contribution in [0.5, 0.6) is 0 Å². The van der Waals surface area contributed by atoms with E-state index in [1.165, 1.54) is 89.0 Å². The van der Waals surface area contributed by atoms with Crippen molar-refractivity contribution in [3.05, 3.63) is 364 Å². The summed E-state index contributed by atoms with van der Waals surface area (Å²) >= 11 is 5.72. The maximum Gasteiger partial charge on any atom is 0.254 e. The summed E-state index contributed by atoms with van der Waals surface area (Å²) in [6.07, 6.45) is 6.22. The molecule has 0 spiro atoms. The van der Waals surface area contributed by atoms with Gasteiger partial charge < -0.3 is 19.0 Å². The maximum absolute atomic E-state index is 12.2. The number of carbonyl (C=O) groups is 2. The van der Waals surface area contributed by atoms with E-state index < -0.39 is 0 Å². The van der Waals surface area contributed by atoms with Crippen molar-refractivity contribution in [2.24, 2.45) is 7.05 Å². The van der Waals surface area contributed by atoms with E-state index in [1.807, 2.05) is 101 Å². The first-order chi connectivity index (χ1) is 56.7. The highest BCUT2D eigenvalue weighted by atomic mass is 35.5. The summed E-state index contributed by atoms with van der Waals surface area (Å²) in [4.78, 5) is 28.0. The lowest BCUT2D eigenvalue weighted by Gasteiger charge is -2.26. The Morgan fingerprint density at radius 1 is 0.339 bits per heavy atom. The minimum absolute atomic E-state index is 0.114. The van der Waals surface area contributed by atoms with Gasteiger partial charge >= 0.3 is 0 Å². The number of ether oxygens (including phenoxy) is 1. The molecule has 0 N–H and O–H groups in total. The molecule has 2 saturated heterocycles. The largest absolute Gasteiger partial charge is 0.421 e. The molecule has 2 aliphatic rings. The molecule has 13 aromatic rings. The third kappa shape index (κ3) is 29.8. The lowest BCUT2D eigenvalue weighted by atomic mass is 9.93. The number of amides is 2. The minimum Gasteiger partial charge on any atom is -0.421 e. The summed E-state index contributed by atoms with van der Waals surface area (Å²) in [6, 6.07) is 98.7. The smallest absolute Gasteiger partial charge is 0.254 e. The first-order valence-corrected chi connectivity index (χ1v) is 42.7. The number of aromatic nitrogens is 4. The van der Waals surface area contributed by atoms with Crippen LogP contribution in [0.15, 0.2) is 302 Å². The second-order valence-electron chi connectivity index (χ2n) is 32.6. The molecule has 118 heavy (non-hydrogen) atoms. The summed E-state index contributed by atoms with van der Waals surface area (Å²) in [7, 11) is 1.94. The standard InChI is InChI=1S/3C15H16.C14H19NO2.C14H19NO.C13H16N2.C12H14N2O.C9H11Cl/c1-12(2)14-10-6-7-11-15(14)13-8-4-3-5-9-13;1-12(2)14-9-6-10-15(11-14)13-7-4-3-5-8-13;1-12(2)13-8-10-15(11-9-13)14-6-4-3-5-7-14;1-11(2)12-3-5-13(6-4-12)14(16)15-7-9-17-10-8-15;1-11(2)12-5-7-13(8-6-12)14(16)15-9-3-4-10-15;1-10(2)11-4-6-12(7-5-11)13-8-14-15(3)9-13;1-8(2)10-4-6-11(7-5-10)12-14-13-9(3)15-12;1-7(2)8-3-5-9(10)6-4-8/h3*3-12H,1-2H3;3-6,11H,7-10H2,1-2H3;5-8,11H,3-4,9-10H2,1-2H3;4-10H,1-3H3;4-8H,1-3H3;3-7H,1-2H3. The molecule has 2 aromatic heterocycles. The van der Waals surface area contributed by atoms with Crippen LogP contribution in [0.1, 0.15) is 242 Å². The predicted molar refractivity (Wildman–Crippen MR) is 498 cm³/mol. The monoisotopic (exact) mass is 1590 g/mol.